The van der Waals surface area contributed by atoms with Crippen molar-refractivity contribution in [3.05, 3.63) is 22.5 Å². The van der Waals surface area contributed by atoms with Crippen LogP contribution in [0.4, 0.5) is 0 Å². The van der Waals surface area contributed by atoms with E-state index < -0.39 is 5.97 Å². The smallest absolute Gasteiger partial charge is 0.340 e. The molecule has 1 N–H and O–H groups in total. The quantitative estimate of drug-likeness (QED) is 0.506. The Kier molecular flexibility index (Phi) is 8.51. The maximum Gasteiger partial charge on any atom is 0.340 e. The molecule has 0 aromatic carbocycles. The summed E-state index contributed by atoms with van der Waals surface area (Å²) in [6.45, 7) is 10.9. The average Bonchev–Trinajstić information content (AvgIpc) is 2.86. The van der Waals surface area contributed by atoms with Gasteiger partial charge in [-0.3, -0.25) is 14.5 Å². The van der Waals surface area contributed by atoms with Gasteiger partial charge in [-0.05, 0) is 32.3 Å². The van der Waals surface area contributed by atoms with Gasteiger partial charge in [-0.1, -0.05) is 13.8 Å². The van der Waals surface area contributed by atoms with E-state index in [2.05, 4.69) is 23.6 Å². The number of H-pyrrole nitrogens is 1. The van der Waals surface area contributed by atoms with Gasteiger partial charge in [0.25, 0.3) is 0 Å². The van der Waals surface area contributed by atoms with E-state index >= 15 is 0 Å². The number of aryl methyl sites for hydroxylation is 1. The molecule has 1 aromatic heterocycles. The van der Waals surface area contributed by atoms with E-state index in [0.29, 0.717) is 41.5 Å². The number of ketones is 1. The lowest BCUT2D eigenvalue weighted by Crippen LogP contribution is -2.35. The highest BCUT2D eigenvalue weighted by Crippen LogP contribution is 2.20. The number of nitrogens with zero attached hydrogens (tertiary/aromatic N) is 1. The topological polar surface area (TPSA) is 88.7 Å². The van der Waals surface area contributed by atoms with Gasteiger partial charge in [0.05, 0.1) is 37.9 Å². The lowest BCUT2D eigenvalue weighted by molar-refractivity contribution is -0.141. The van der Waals surface area contributed by atoms with Crippen LogP contribution in [0.5, 0.6) is 0 Å². The fraction of sp³-hybridized carbons (Fsp3) is 0.632. The summed E-state index contributed by atoms with van der Waals surface area (Å²) < 4.78 is 9.74. The summed E-state index contributed by atoms with van der Waals surface area (Å²) in [6.07, 6.45) is 0.229. The molecule has 0 saturated heterocycles. The van der Waals surface area contributed by atoms with Gasteiger partial charge in [0, 0.05) is 18.8 Å². The molecule has 1 rings (SSSR count). The molecule has 1 heterocycles. The molecule has 1 aromatic rings. The van der Waals surface area contributed by atoms with E-state index in [1.165, 1.54) is 7.11 Å². The first-order chi connectivity index (χ1) is 12.2. The fourth-order valence-corrected chi connectivity index (χ4v) is 2.92. The third-order valence-corrected chi connectivity index (χ3v) is 4.05. The Morgan fingerprint density at radius 3 is 2.38 bits per heavy atom. The Morgan fingerprint density at radius 1 is 1.19 bits per heavy atom. The monoisotopic (exact) mass is 366 g/mol. The number of carbonyl (C=O) groups excluding carboxylic acids is 3. The highest BCUT2D eigenvalue weighted by molar-refractivity contribution is 6.02. The van der Waals surface area contributed by atoms with Crippen molar-refractivity contribution in [1.82, 2.24) is 9.88 Å². The van der Waals surface area contributed by atoms with Gasteiger partial charge < -0.3 is 14.5 Å². The van der Waals surface area contributed by atoms with Crippen molar-refractivity contribution in [2.45, 2.75) is 41.0 Å². The van der Waals surface area contributed by atoms with Gasteiger partial charge in [-0.15, -0.1) is 0 Å². The number of ether oxygens (including phenoxy) is 2. The first kappa shape index (κ1) is 21.9. The number of hydrogen-bond acceptors (Lipinski definition) is 6. The molecule has 26 heavy (non-hydrogen) atoms. The molecule has 0 aliphatic carbocycles. The van der Waals surface area contributed by atoms with Crippen molar-refractivity contribution in [1.29, 1.82) is 0 Å². The Morgan fingerprint density at radius 2 is 1.85 bits per heavy atom. The van der Waals surface area contributed by atoms with E-state index in [4.69, 9.17) is 4.74 Å². The first-order valence-corrected chi connectivity index (χ1v) is 8.89. The van der Waals surface area contributed by atoms with Crippen molar-refractivity contribution in [3.8, 4) is 0 Å². The van der Waals surface area contributed by atoms with E-state index in [1.807, 2.05) is 4.90 Å². The lowest BCUT2D eigenvalue weighted by Gasteiger charge is -2.23. The summed E-state index contributed by atoms with van der Waals surface area (Å²) in [6, 6.07) is 0. The van der Waals surface area contributed by atoms with E-state index in [9.17, 15) is 14.4 Å². The summed E-state index contributed by atoms with van der Waals surface area (Å²) >= 11 is 0. The zero-order valence-corrected chi connectivity index (χ0v) is 16.6. The minimum absolute atomic E-state index is 0.119. The van der Waals surface area contributed by atoms with Crippen molar-refractivity contribution in [3.63, 3.8) is 0 Å². The van der Waals surface area contributed by atoms with Crippen molar-refractivity contribution in [2.24, 2.45) is 5.92 Å². The molecular weight excluding hydrogens is 336 g/mol. The predicted octanol–water partition coefficient (Wildman–Crippen LogP) is 2.51. The van der Waals surface area contributed by atoms with Crippen LogP contribution < -0.4 is 0 Å². The fourth-order valence-electron chi connectivity index (χ4n) is 2.92. The zero-order chi connectivity index (χ0) is 19.9. The summed E-state index contributed by atoms with van der Waals surface area (Å²) in [5.74, 6) is -0.501. The molecule has 146 valence electrons. The molecule has 0 aliphatic rings. The van der Waals surface area contributed by atoms with Crippen LogP contribution in [-0.4, -0.2) is 61.0 Å². The van der Waals surface area contributed by atoms with Crippen LogP contribution in [0.3, 0.4) is 0 Å². The highest BCUT2D eigenvalue weighted by Gasteiger charge is 2.24. The Labute approximate surface area is 155 Å². The molecule has 0 radical (unpaired) electrons. The number of Topliss-reactive ketones (excluding diaryl/α,β-unsaturated/α-hetero) is 1. The molecule has 0 spiro atoms. The third-order valence-electron chi connectivity index (χ3n) is 4.05. The Hall–Kier alpha value is -2.15. The number of aromatic nitrogens is 1. The third kappa shape index (κ3) is 5.98. The second-order valence-corrected chi connectivity index (χ2v) is 6.72. The Bertz CT molecular complexity index is 649. The number of nitrogens with one attached hydrogen (secondary N) is 1. The molecule has 0 amide bonds. The standard InChI is InChI=1S/C19H30N2O5/c1-7-26-19(24)17-13(4)18(20-14(17)5)15(22)11-21(10-12(2)3)9-8-16(23)25-6/h12,20H,7-11H2,1-6H3. The Balaban J connectivity index is 2.93. The van der Waals surface area contributed by atoms with Crippen LogP contribution in [-0.2, 0) is 14.3 Å². The highest BCUT2D eigenvalue weighted by atomic mass is 16.5. The second kappa shape index (κ2) is 10.1. The maximum absolute atomic E-state index is 12.8. The molecule has 0 bridgehead atoms. The van der Waals surface area contributed by atoms with Gasteiger partial charge in [0.1, 0.15) is 0 Å². The number of methoxy groups -OCH3 is 1. The minimum Gasteiger partial charge on any atom is -0.469 e. The van der Waals surface area contributed by atoms with Crippen molar-refractivity contribution in [2.75, 3.05) is 33.4 Å². The van der Waals surface area contributed by atoms with E-state index in [1.54, 1.807) is 20.8 Å². The number of carbonyl (C=O) groups is 3. The van der Waals surface area contributed by atoms with Crippen LogP contribution >= 0.6 is 0 Å². The molecule has 7 heteroatoms. The summed E-state index contributed by atoms with van der Waals surface area (Å²) in [4.78, 5) is 41.2. The van der Waals surface area contributed by atoms with Crippen LogP contribution in [0.1, 0.15) is 59.3 Å². The number of aromatic amines is 1. The normalized spacial score (nSPS) is 11.1. The molecule has 0 aliphatic heterocycles. The van der Waals surface area contributed by atoms with Gasteiger partial charge in [-0.25, -0.2) is 4.79 Å². The second-order valence-electron chi connectivity index (χ2n) is 6.72. The summed E-state index contributed by atoms with van der Waals surface area (Å²) in [5.41, 5.74) is 2.05. The molecule has 0 atom stereocenters. The van der Waals surface area contributed by atoms with Crippen LogP contribution in [0, 0.1) is 19.8 Å². The predicted molar refractivity (Wildman–Crippen MR) is 98.5 cm³/mol. The molecule has 0 fully saturated rings. The molecule has 0 saturated carbocycles. The van der Waals surface area contributed by atoms with Gasteiger partial charge in [0.15, 0.2) is 5.78 Å². The van der Waals surface area contributed by atoms with Crippen LogP contribution in [0.15, 0.2) is 0 Å². The van der Waals surface area contributed by atoms with Crippen molar-refractivity contribution < 1.29 is 23.9 Å². The number of esters is 2. The van der Waals surface area contributed by atoms with Crippen LogP contribution in [0.25, 0.3) is 0 Å². The lowest BCUT2D eigenvalue weighted by atomic mass is 10.1. The SMILES string of the molecule is CCOC(=O)c1c(C)[nH]c(C(=O)CN(CCC(=O)OC)CC(C)C)c1C. The molecule has 0 unspecified atom stereocenters. The van der Waals surface area contributed by atoms with Crippen LogP contribution in [0.2, 0.25) is 0 Å². The number of hydrogen-bond donors (Lipinski definition) is 1. The van der Waals surface area contributed by atoms with Gasteiger partial charge >= 0.3 is 11.9 Å². The summed E-state index contributed by atoms with van der Waals surface area (Å²) in [7, 11) is 1.35. The molecule has 7 nitrogen and oxygen atoms in total. The summed E-state index contributed by atoms with van der Waals surface area (Å²) in [5, 5.41) is 0. The van der Waals surface area contributed by atoms with Crippen molar-refractivity contribution >= 4 is 17.7 Å². The zero-order valence-electron chi connectivity index (χ0n) is 16.6. The van der Waals surface area contributed by atoms with E-state index in [-0.39, 0.29) is 31.3 Å². The van der Waals surface area contributed by atoms with Gasteiger partial charge in [0.2, 0.25) is 0 Å². The van der Waals surface area contributed by atoms with E-state index in [0.717, 1.165) is 0 Å². The number of rotatable bonds is 10. The maximum atomic E-state index is 12.8. The minimum atomic E-state index is -0.428. The molecular formula is C19H30N2O5. The average molecular weight is 366 g/mol. The largest absolute Gasteiger partial charge is 0.469 e. The first-order valence-electron chi connectivity index (χ1n) is 8.89. The van der Waals surface area contributed by atoms with Gasteiger partial charge in [-0.2, -0.15) is 0 Å².